The fraction of sp³-hybridized carbons (Fsp3) is 0.333. The van der Waals surface area contributed by atoms with Crippen LogP contribution in [0, 0.1) is 0 Å². The minimum absolute atomic E-state index is 0.0317. The molecule has 116 valence electrons. The maximum absolute atomic E-state index is 12.4. The molecule has 0 spiro atoms. The second-order valence-electron chi connectivity index (χ2n) is 5.26. The molecule has 0 unspecified atom stereocenters. The topological polar surface area (TPSA) is 41.4 Å². The van der Waals surface area contributed by atoms with Crippen LogP contribution in [0.5, 0.6) is 0 Å². The van der Waals surface area contributed by atoms with Gasteiger partial charge in [0.05, 0.1) is 17.9 Å². The van der Waals surface area contributed by atoms with Crippen molar-refractivity contribution in [1.29, 1.82) is 0 Å². The van der Waals surface area contributed by atoms with Crippen LogP contribution in [0.15, 0.2) is 36.7 Å². The van der Waals surface area contributed by atoms with Gasteiger partial charge in [-0.3, -0.25) is 14.4 Å². The van der Waals surface area contributed by atoms with E-state index in [1.54, 1.807) is 41.3 Å². The van der Waals surface area contributed by atoms with E-state index in [0.717, 1.165) is 13.1 Å². The van der Waals surface area contributed by atoms with E-state index in [0.29, 0.717) is 35.4 Å². The van der Waals surface area contributed by atoms with Crippen molar-refractivity contribution >= 4 is 29.1 Å². The predicted molar refractivity (Wildman–Crippen MR) is 86.2 cm³/mol. The molecule has 0 saturated carbocycles. The van der Waals surface area contributed by atoms with Gasteiger partial charge in [0.25, 0.3) is 5.91 Å². The number of hydrogen-bond acceptors (Lipinski definition) is 3. The minimum atomic E-state index is 0.0317. The number of carbonyl (C=O) groups excluding carboxylic acids is 1. The number of aromatic nitrogens is 2. The third-order valence-electron chi connectivity index (χ3n) is 3.68. The van der Waals surface area contributed by atoms with Gasteiger partial charge in [0, 0.05) is 43.0 Å². The van der Waals surface area contributed by atoms with Gasteiger partial charge >= 0.3 is 0 Å². The lowest BCUT2D eigenvalue weighted by atomic mass is 10.2. The van der Waals surface area contributed by atoms with Crippen LogP contribution in [-0.2, 0) is 6.67 Å². The summed E-state index contributed by atoms with van der Waals surface area (Å²) in [4.78, 5) is 16.5. The van der Waals surface area contributed by atoms with Crippen LogP contribution >= 0.6 is 23.2 Å². The smallest absolute Gasteiger partial charge is 0.253 e. The fourth-order valence-corrected chi connectivity index (χ4v) is 2.86. The van der Waals surface area contributed by atoms with Gasteiger partial charge in [-0.25, -0.2) is 0 Å². The average Bonchev–Trinajstić information content (AvgIpc) is 2.92. The summed E-state index contributed by atoms with van der Waals surface area (Å²) in [5.41, 5.74) is 0.639. The van der Waals surface area contributed by atoms with Crippen molar-refractivity contribution in [1.82, 2.24) is 19.6 Å². The average molecular weight is 339 g/mol. The van der Waals surface area contributed by atoms with Crippen molar-refractivity contribution in [2.45, 2.75) is 6.67 Å². The van der Waals surface area contributed by atoms with Crippen molar-refractivity contribution in [3.8, 4) is 0 Å². The van der Waals surface area contributed by atoms with Crippen molar-refractivity contribution < 1.29 is 4.79 Å². The monoisotopic (exact) mass is 338 g/mol. The molecule has 0 radical (unpaired) electrons. The number of hydrogen-bond donors (Lipinski definition) is 0. The highest BCUT2D eigenvalue weighted by Crippen LogP contribution is 2.14. The van der Waals surface area contributed by atoms with Gasteiger partial charge in [0.2, 0.25) is 0 Å². The lowest BCUT2D eigenvalue weighted by Gasteiger charge is -2.34. The van der Waals surface area contributed by atoms with E-state index in [-0.39, 0.29) is 5.91 Å². The highest BCUT2D eigenvalue weighted by molar-refractivity contribution is 6.31. The molecule has 1 aromatic carbocycles. The van der Waals surface area contributed by atoms with Crippen LogP contribution in [0.1, 0.15) is 10.4 Å². The van der Waals surface area contributed by atoms with E-state index in [9.17, 15) is 4.79 Å². The molecule has 0 bridgehead atoms. The Hall–Kier alpha value is -1.56. The quantitative estimate of drug-likeness (QED) is 0.863. The fourth-order valence-electron chi connectivity index (χ4n) is 2.52. The number of halogens is 2. The van der Waals surface area contributed by atoms with Gasteiger partial charge in [-0.2, -0.15) is 5.10 Å². The van der Waals surface area contributed by atoms with Gasteiger partial charge in [-0.1, -0.05) is 29.3 Å². The molecule has 0 N–H and O–H groups in total. The summed E-state index contributed by atoms with van der Waals surface area (Å²) in [6.07, 6.45) is 3.42. The second-order valence-corrected chi connectivity index (χ2v) is 6.13. The first-order valence-electron chi connectivity index (χ1n) is 7.07. The molecule has 1 fully saturated rings. The van der Waals surface area contributed by atoms with Gasteiger partial charge in [0.1, 0.15) is 0 Å². The lowest BCUT2D eigenvalue weighted by Crippen LogP contribution is -2.49. The van der Waals surface area contributed by atoms with Crippen LogP contribution in [-0.4, -0.2) is 51.7 Å². The van der Waals surface area contributed by atoms with Crippen LogP contribution in [0.3, 0.4) is 0 Å². The van der Waals surface area contributed by atoms with Crippen LogP contribution in [0.4, 0.5) is 0 Å². The number of carbonyl (C=O) groups is 1. The van der Waals surface area contributed by atoms with E-state index in [2.05, 4.69) is 10.00 Å². The van der Waals surface area contributed by atoms with Crippen LogP contribution in [0.2, 0.25) is 10.0 Å². The Morgan fingerprint density at radius 1 is 1.14 bits per heavy atom. The first-order chi connectivity index (χ1) is 10.6. The van der Waals surface area contributed by atoms with E-state index < -0.39 is 0 Å². The molecule has 22 heavy (non-hydrogen) atoms. The molecule has 5 nitrogen and oxygen atoms in total. The van der Waals surface area contributed by atoms with E-state index in [4.69, 9.17) is 23.2 Å². The highest BCUT2D eigenvalue weighted by atomic mass is 35.5. The molecule has 7 heteroatoms. The standard InChI is InChI=1S/C15H16Cl2N4O/c16-13-3-1-2-12(8-13)15(22)20-6-4-19(5-7-20)11-21-10-14(17)9-18-21/h1-3,8-10H,4-7,11H2. The first-order valence-corrected chi connectivity index (χ1v) is 7.82. The first kappa shape index (κ1) is 15.3. The molecular formula is C15H16Cl2N4O. The number of nitrogens with zero attached hydrogens (tertiary/aromatic N) is 4. The van der Waals surface area contributed by atoms with E-state index >= 15 is 0 Å². The van der Waals surface area contributed by atoms with Gasteiger partial charge in [-0.15, -0.1) is 0 Å². The number of piperazine rings is 1. The Labute approximate surface area is 139 Å². The van der Waals surface area contributed by atoms with Crippen molar-refractivity contribution in [2.75, 3.05) is 26.2 Å². The zero-order valence-electron chi connectivity index (χ0n) is 12.0. The molecule has 1 aliphatic rings. The number of benzene rings is 1. The Balaban J connectivity index is 1.56. The van der Waals surface area contributed by atoms with Gasteiger partial charge in [-0.05, 0) is 18.2 Å². The van der Waals surface area contributed by atoms with Crippen molar-refractivity contribution in [3.63, 3.8) is 0 Å². The highest BCUT2D eigenvalue weighted by Gasteiger charge is 2.22. The van der Waals surface area contributed by atoms with Gasteiger partial charge in [0.15, 0.2) is 0 Å². The van der Waals surface area contributed by atoms with Crippen molar-refractivity contribution in [2.24, 2.45) is 0 Å². The number of amides is 1. The maximum Gasteiger partial charge on any atom is 0.253 e. The predicted octanol–water partition coefficient (Wildman–Crippen LogP) is 2.61. The molecule has 1 aromatic heterocycles. The largest absolute Gasteiger partial charge is 0.336 e. The maximum atomic E-state index is 12.4. The van der Waals surface area contributed by atoms with Crippen molar-refractivity contribution in [3.05, 3.63) is 52.3 Å². The molecule has 0 aliphatic carbocycles. The second kappa shape index (κ2) is 6.69. The zero-order valence-corrected chi connectivity index (χ0v) is 13.5. The minimum Gasteiger partial charge on any atom is -0.336 e. The Bertz CT molecular complexity index is 665. The summed E-state index contributed by atoms with van der Waals surface area (Å²) in [6.45, 7) is 3.69. The van der Waals surface area contributed by atoms with Crippen LogP contribution in [0.25, 0.3) is 0 Å². The summed E-state index contributed by atoms with van der Waals surface area (Å²) >= 11 is 11.8. The third-order valence-corrected chi connectivity index (χ3v) is 4.11. The summed E-state index contributed by atoms with van der Waals surface area (Å²) in [6, 6.07) is 7.08. The summed E-state index contributed by atoms with van der Waals surface area (Å²) in [5, 5.41) is 5.39. The molecule has 0 atom stereocenters. The molecule has 1 aliphatic heterocycles. The molecule has 1 saturated heterocycles. The third kappa shape index (κ3) is 3.61. The normalized spacial score (nSPS) is 16.0. The summed E-state index contributed by atoms with van der Waals surface area (Å²) in [7, 11) is 0. The molecule has 1 amide bonds. The number of rotatable bonds is 3. The van der Waals surface area contributed by atoms with Crippen LogP contribution < -0.4 is 0 Å². The van der Waals surface area contributed by atoms with E-state index in [1.165, 1.54) is 0 Å². The molecule has 3 rings (SSSR count). The Morgan fingerprint density at radius 2 is 1.91 bits per heavy atom. The summed E-state index contributed by atoms with van der Waals surface area (Å²) in [5.74, 6) is 0.0317. The molecule has 2 heterocycles. The zero-order chi connectivity index (χ0) is 15.5. The Kier molecular flexibility index (Phi) is 4.66. The van der Waals surface area contributed by atoms with E-state index in [1.807, 2.05) is 4.90 Å². The molecular weight excluding hydrogens is 323 g/mol. The summed E-state index contributed by atoms with van der Waals surface area (Å²) < 4.78 is 1.80. The SMILES string of the molecule is O=C(c1cccc(Cl)c1)N1CCN(Cn2cc(Cl)cn2)CC1. The Morgan fingerprint density at radius 3 is 2.55 bits per heavy atom. The lowest BCUT2D eigenvalue weighted by molar-refractivity contribution is 0.0586. The molecule has 2 aromatic rings. The van der Waals surface area contributed by atoms with Gasteiger partial charge < -0.3 is 4.90 Å².